The molecule has 6 nitrogen and oxygen atoms in total. The highest BCUT2D eigenvalue weighted by molar-refractivity contribution is 5.77. The maximum Gasteiger partial charge on any atom is 0.306 e. The summed E-state index contributed by atoms with van der Waals surface area (Å²) in [4.78, 5) is 25.8. The number of rotatable bonds is 35. The van der Waals surface area contributed by atoms with E-state index in [1.165, 1.54) is 44.9 Å². The first-order valence-corrected chi connectivity index (χ1v) is 21.1. The lowest BCUT2D eigenvalue weighted by Crippen LogP contribution is -2.46. The molecule has 0 aromatic rings. The number of esters is 1. The van der Waals surface area contributed by atoms with Crippen LogP contribution in [0.3, 0.4) is 0 Å². The van der Waals surface area contributed by atoms with Gasteiger partial charge in [-0.25, -0.2) is 0 Å². The van der Waals surface area contributed by atoms with Crippen LogP contribution in [0.15, 0.2) is 97.2 Å². The zero-order chi connectivity index (χ0) is 38.9. The summed E-state index contributed by atoms with van der Waals surface area (Å²) in [7, 11) is 0. The van der Waals surface area contributed by atoms with Crippen LogP contribution < -0.4 is 5.32 Å². The van der Waals surface area contributed by atoms with E-state index in [9.17, 15) is 19.8 Å². The number of amides is 1. The largest absolute Gasteiger partial charge is 0.462 e. The fourth-order valence-corrected chi connectivity index (χ4v) is 5.69. The molecule has 0 saturated carbocycles. The molecule has 53 heavy (non-hydrogen) atoms. The molecule has 0 saturated heterocycles. The number of unbranched alkanes of at least 4 members (excludes halogenated alkanes) is 13. The van der Waals surface area contributed by atoms with Crippen molar-refractivity contribution in [2.75, 3.05) is 6.61 Å². The first kappa shape index (κ1) is 49.8. The van der Waals surface area contributed by atoms with Gasteiger partial charge in [0.2, 0.25) is 5.91 Å². The van der Waals surface area contributed by atoms with E-state index >= 15 is 0 Å². The molecule has 0 heterocycles. The standard InChI is InChI=1S/C47H77NO5/c1-4-7-10-13-16-19-22-23-25-28-31-34-37-40-47(52)53-43(38-35-32-29-26-24-20-17-14-11-8-5-2)41-46(51)48-44(42-49)45(50)39-36-33-30-27-21-18-15-12-9-6-3/h7-8,10-11,13-14,16-17,19-20,22-25,28,31,43-45,49-50H,4-6,9,12,15,18,21,26-27,29-30,32-42H2,1-3H3,(H,48,51)/b10-7+,11-8+,16-13+,17-14+,22-19-,24-20-,25-23-,31-28+. The molecule has 1 amide bonds. The quantitative estimate of drug-likeness (QED) is 0.0342. The summed E-state index contributed by atoms with van der Waals surface area (Å²) in [5.74, 6) is -0.613. The zero-order valence-electron chi connectivity index (χ0n) is 33.9. The number of carbonyl (C=O) groups excluding carboxylic acids is 2. The Labute approximate surface area is 325 Å². The van der Waals surface area contributed by atoms with Crippen LogP contribution in [0.25, 0.3) is 0 Å². The minimum Gasteiger partial charge on any atom is -0.462 e. The molecule has 3 N–H and O–H groups in total. The van der Waals surface area contributed by atoms with Crippen LogP contribution in [-0.4, -0.2) is 46.9 Å². The van der Waals surface area contributed by atoms with Gasteiger partial charge in [-0.05, 0) is 57.8 Å². The molecule has 0 aliphatic carbocycles. The van der Waals surface area contributed by atoms with Gasteiger partial charge in [0.15, 0.2) is 0 Å². The van der Waals surface area contributed by atoms with Crippen LogP contribution in [-0.2, 0) is 14.3 Å². The highest BCUT2D eigenvalue weighted by atomic mass is 16.5. The summed E-state index contributed by atoms with van der Waals surface area (Å²) < 4.78 is 5.82. The monoisotopic (exact) mass is 736 g/mol. The summed E-state index contributed by atoms with van der Waals surface area (Å²) in [6.07, 6.45) is 51.9. The summed E-state index contributed by atoms with van der Waals surface area (Å²) in [6, 6.07) is -0.730. The molecular weight excluding hydrogens is 659 g/mol. The second-order valence-electron chi connectivity index (χ2n) is 13.8. The Bertz CT molecular complexity index is 1100. The molecule has 0 spiro atoms. The van der Waals surface area contributed by atoms with Gasteiger partial charge in [-0.1, -0.05) is 189 Å². The highest BCUT2D eigenvalue weighted by Gasteiger charge is 2.24. The molecule has 0 radical (unpaired) electrons. The molecule has 0 aromatic carbocycles. The normalized spacial score (nSPS) is 14.4. The third-order valence-electron chi connectivity index (χ3n) is 8.85. The third-order valence-corrected chi connectivity index (χ3v) is 8.85. The van der Waals surface area contributed by atoms with Crippen LogP contribution in [0.4, 0.5) is 0 Å². The lowest BCUT2D eigenvalue weighted by atomic mass is 10.0. The molecule has 0 aliphatic rings. The van der Waals surface area contributed by atoms with Crippen molar-refractivity contribution in [1.82, 2.24) is 5.32 Å². The number of aliphatic hydroxyl groups excluding tert-OH is 2. The Balaban J connectivity index is 4.81. The maximum absolute atomic E-state index is 13.1. The second-order valence-corrected chi connectivity index (χ2v) is 13.8. The van der Waals surface area contributed by atoms with Gasteiger partial charge in [-0.2, -0.15) is 0 Å². The molecular formula is C47H77NO5. The zero-order valence-corrected chi connectivity index (χ0v) is 33.9. The summed E-state index contributed by atoms with van der Waals surface area (Å²) in [6.45, 7) is 6.12. The van der Waals surface area contributed by atoms with Crippen molar-refractivity contribution in [3.8, 4) is 0 Å². The molecule has 3 unspecified atom stereocenters. The van der Waals surface area contributed by atoms with Crippen molar-refractivity contribution >= 4 is 11.9 Å². The van der Waals surface area contributed by atoms with Crippen molar-refractivity contribution in [1.29, 1.82) is 0 Å². The number of hydrogen-bond acceptors (Lipinski definition) is 5. The highest BCUT2D eigenvalue weighted by Crippen LogP contribution is 2.16. The van der Waals surface area contributed by atoms with E-state index in [4.69, 9.17) is 4.74 Å². The fraction of sp³-hybridized carbons (Fsp3) is 0.617. The van der Waals surface area contributed by atoms with E-state index in [-0.39, 0.29) is 31.3 Å². The molecule has 6 heteroatoms. The van der Waals surface area contributed by atoms with E-state index in [1.54, 1.807) is 0 Å². The average Bonchev–Trinajstić information content (AvgIpc) is 3.15. The van der Waals surface area contributed by atoms with E-state index in [1.807, 2.05) is 72.9 Å². The first-order valence-electron chi connectivity index (χ1n) is 21.1. The number of nitrogens with one attached hydrogen (secondary N) is 1. The summed E-state index contributed by atoms with van der Waals surface area (Å²) in [5.41, 5.74) is 0. The second kappa shape index (κ2) is 40.0. The average molecular weight is 736 g/mol. The van der Waals surface area contributed by atoms with Gasteiger partial charge in [0.1, 0.15) is 6.10 Å². The van der Waals surface area contributed by atoms with E-state index in [0.717, 1.165) is 64.2 Å². The van der Waals surface area contributed by atoms with Gasteiger partial charge in [0.25, 0.3) is 0 Å². The first-order chi connectivity index (χ1) is 26.0. The Morgan fingerprint density at radius 3 is 1.55 bits per heavy atom. The van der Waals surface area contributed by atoms with Crippen molar-refractivity contribution in [2.24, 2.45) is 0 Å². The Kier molecular flexibility index (Phi) is 37.5. The van der Waals surface area contributed by atoms with Crippen LogP contribution in [0.2, 0.25) is 0 Å². The number of hydrogen-bond donors (Lipinski definition) is 3. The number of allylic oxidation sites excluding steroid dienone is 16. The van der Waals surface area contributed by atoms with Gasteiger partial charge >= 0.3 is 5.97 Å². The van der Waals surface area contributed by atoms with Crippen LogP contribution in [0.1, 0.15) is 162 Å². The van der Waals surface area contributed by atoms with E-state index in [0.29, 0.717) is 19.3 Å². The molecule has 0 aromatic heterocycles. The van der Waals surface area contributed by atoms with Crippen molar-refractivity contribution in [3.63, 3.8) is 0 Å². The molecule has 0 bridgehead atoms. The Morgan fingerprint density at radius 2 is 1.02 bits per heavy atom. The third kappa shape index (κ3) is 35.6. The van der Waals surface area contributed by atoms with Gasteiger partial charge in [0, 0.05) is 6.42 Å². The number of carbonyl (C=O) groups is 2. The van der Waals surface area contributed by atoms with Crippen LogP contribution in [0.5, 0.6) is 0 Å². The molecule has 0 rings (SSSR count). The Hall–Kier alpha value is -3.22. The van der Waals surface area contributed by atoms with Crippen LogP contribution >= 0.6 is 0 Å². The van der Waals surface area contributed by atoms with Gasteiger partial charge < -0.3 is 20.3 Å². The minimum absolute atomic E-state index is 0.0193. The topological polar surface area (TPSA) is 95.9 Å². The lowest BCUT2D eigenvalue weighted by molar-refractivity contribution is -0.151. The predicted octanol–water partition coefficient (Wildman–Crippen LogP) is 11.8. The van der Waals surface area contributed by atoms with Crippen LogP contribution in [0, 0.1) is 0 Å². The summed E-state index contributed by atoms with van der Waals surface area (Å²) in [5, 5.41) is 23.5. The maximum atomic E-state index is 13.1. The molecule has 300 valence electrons. The Morgan fingerprint density at radius 1 is 0.566 bits per heavy atom. The number of aliphatic hydroxyl groups is 2. The molecule has 0 aliphatic heterocycles. The van der Waals surface area contributed by atoms with Gasteiger partial charge in [-0.15, -0.1) is 0 Å². The van der Waals surface area contributed by atoms with Crippen molar-refractivity contribution < 1.29 is 24.5 Å². The van der Waals surface area contributed by atoms with Gasteiger partial charge in [0.05, 0.1) is 25.2 Å². The molecule has 3 atom stereocenters. The van der Waals surface area contributed by atoms with Crippen molar-refractivity contribution in [2.45, 2.75) is 180 Å². The fourth-order valence-electron chi connectivity index (χ4n) is 5.69. The lowest BCUT2D eigenvalue weighted by Gasteiger charge is -2.24. The van der Waals surface area contributed by atoms with E-state index < -0.39 is 18.2 Å². The SMILES string of the molecule is CC/C=C/C=C/C=C\C=C/C=C/CCCC(=O)OC(CCCCC\C=C/C=C/C=C/CC)CC(=O)NC(CO)C(O)CCCCCCCCCCCC. The van der Waals surface area contributed by atoms with E-state index in [2.05, 4.69) is 50.4 Å². The predicted molar refractivity (Wildman–Crippen MR) is 227 cm³/mol. The smallest absolute Gasteiger partial charge is 0.306 e. The van der Waals surface area contributed by atoms with Gasteiger partial charge in [-0.3, -0.25) is 9.59 Å². The number of ether oxygens (including phenoxy) is 1. The molecule has 0 fully saturated rings. The minimum atomic E-state index is -0.812. The van der Waals surface area contributed by atoms with Crippen molar-refractivity contribution in [3.05, 3.63) is 97.2 Å². The summed E-state index contributed by atoms with van der Waals surface area (Å²) >= 11 is 0.